The Morgan fingerprint density at radius 1 is 0.968 bits per heavy atom. The van der Waals surface area contributed by atoms with Crippen LogP contribution in [0.1, 0.15) is 44.6 Å². The molecule has 5 nitrogen and oxygen atoms in total. The van der Waals surface area contributed by atoms with E-state index in [0.29, 0.717) is 18.7 Å². The largest absolute Gasteiger partial charge is 0.327 e. The average Bonchev–Trinajstić information content (AvgIpc) is 3.29. The molecule has 1 saturated heterocycles. The predicted octanol–water partition coefficient (Wildman–Crippen LogP) is 4.68. The Hall–Kier alpha value is -3.21. The number of fused-ring (bicyclic) bond motifs is 1. The number of carbonyl (C=O) groups is 2. The van der Waals surface area contributed by atoms with E-state index in [2.05, 4.69) is 22.4 Å². The van der Waals surface area contributed by atoms with Gasteiger partial charge in [-0.05, 0) is 43.9 Å². The molecule has 2 heterocycles. The van der Waals surface area contributed by atoms with Gasteiger partial charge in [0, 0.05) is 11.9 Å². The lowest BCUT2D eigenvalue weighted by Crippen LogP contribution is -2.68. The van der Waals surface area contributed by atoms with Crippen molar-refractivity contribution in [2.24, 2.45) is 0 Å². The number of nitrogens with zero attached hydrogens (tertiary/aromatic N) is 2. The van der Waals surface area contributed by atoms with E-state index in [1.807, 2.05) is 55.5 Å². The van der Waals surface area contributed by atoms with Crippen molar-refractivity contribution in [3.8, 4) is 0 Å². The second-order valence-corrected chi connectivity index (χ2v) is 9.01. The van der Waals surface area contributed by atoms with Crippen LogP contribution in [0.2, 0.25) is 0 Å². The fourth-order valence-electron chi connectivity index (χ4n) is 5.15. The molecular formula is C26H27N3O2. The van der Waals surface area contributed by atoms with E-state index >= 15 is 0 Å². The number of likely N-dealkylation sites (tertiary alicyclic amines) is 1. The smallest absolute Gasteiger partial charge is 0.250 e. The zero-order valence-electron chi connectivity index (χ0n) is 17.8. The number of benzene rings is 2. The Balaban J connectivity index is 1.39. The molecule has 0 radical (unpaired) electrons. The van der Waals surface area contributed by atoms with Gasteiger partial charge in [-0.1, -0.05) is 61.4 Å². The van der Waals surface area contributed by atoms with Crippen molar-refractivity contribution in [3.05, 3.63) is 72.4 Å². The second kappa shape index (κ2) is 7.49. The molecule has 158 valence electrons. The molecule has 31 heavy (non-hydrogen) atoms. The highest BCUT2D eigenvalue weighted by atomic mass is 16.2. The van der Waals surface area contributed by atoms with Crippen LogP contribution in [0.15, 0.2) is 66.9 Å². The van der Waals surface area contributed by atoms with Gasteiger partial charge in [0.1, 0.15) is 5.54 Å². The van der Waals surface area contributed by atoms with Crippen molar-refractivity contribution >= 4 is 28.4 Å². The summed E-state index contributed by atoms with van der Waals surface area (Å²) in [6.45, 7) is 2.50. The van der Waals surface area contributed by atoms with E-state index in [-0.39, 0.29) is 11.8 Å². The van der Waals surface area contributed by atoms with Crippen molar-refractivity contribution < 1.29 is 9.59 Å². The lowest BCUT2D eigenvalue weighted by molar-refractivity contribution is -0.159. The molecule has 1 aliphatic heterocycles. The summed E-state index contributed by atoms with van der Waals surface area (Å²) in [5, 5.41) is 3.98. The van der Waals surface area contributed by atoms with E-state index < -0.39 is 11.0 Å². The average molecular weight is 414 g/mol. The Morgan fingerprint density at radius 2 is 1.68 bits per heavy atom. The Kier molecular flexibility index (Phi) is 4.77. The van der Waals surface area contributed by atoms with Crippen LogP contribution < -0.4 is 5.32 Å². The Morgan fingerprint density at radius 3 is 2.39 bits per heavy atom. The van der Waals surface area contributed by atoms with Gasteiger partial charge in [-0.3, -0.25) is 14.6 Å². The van der Waals surface area contributed by atoms with Gasteiger partial charge < -0.3 is 10.2 Å². The molecule has 1 N–H and O–H groups in total. The minimum absolute atomic E-state index is 0.0942. The van der Waals surface area contributed by atoms with Crippen LogP contribution in [0, 0.1) is 0 Å². The van der Waals surface area contributed by atoms with Crippen LogP contribution in [0.3, 0.4) is 0 Å². The number of hydrogen-bond acceptors (Lipinski definition) is 3. The first-order chi connectivity index (χ1) is 15.0. The number of amides is 2. The molecule has 0 bridgehead atoms. The summed E-state index contributed by atoms with van der Waals surface area (Å²) in [5.41, 5.74) is 1.27. The third-order valence-electron chi connectivity index (χ3n) is 7.19. The van der Waals surface area contributed by atoms with Crippen molar-refractivity contribution in [2.45, 2.75) is 50.0 Å². The molecule has 2 aromatic carbocycles. The maximum Gasteiger partial charge on any atom is 0.250 e. The fraction of sp³-hybridized carbons (Fsp3) is 0.346. The normalized spacial score (nSPS) is 22.2. The van der Waals surface area contributed by atoms with Crippen molar-refractivity contribution in [1.82, 2.24) is 9.88 Å². The summed E-state index contributed by atoms with van der Waals surface area (Å²) in [4.78, 5) is 33.4. The molecule has 5 rings (SSSR count). The van der Waals surface area contributed by atoms with Gasteiger partial charge in [-0.2, -0.15) is 0 Å². The third-order valence-corrected chi connectivity index (χ3v) is 7.19. The summed E-state index contributed by atoms with van der Waals surface area (Å²) in [7, 11) is 0. The lowest BCUT2D eigenvalue weighted by atomic mass is 9.74. The topological polar surface area (TPSA) is 62.3 Å². The second-order valence-electron chi connectivity index (χ2n) is 9.01. The molecule has 1 saturated carbocycles. The van der Waals surface area contributed by atoms with Gasteiger partial charge >= 0.3 is 0 Å². The molecule has 3 aromatic rings. The van der Waals surface area contributed by atoms with Gasteiger partial charge in [-0.15, -0.1) is 0 Å². The number of pyridine rings is 1. The van der Waals surface area contributed by atoms with Crippen molar-refractivity contribution in [3.63, 3.8) is 0 Å². The zero-order chi connectivity index (χ0) is 21.5. The van der Waals surface area contributed by atoms with Gasteiger partial charge in [-0.25, -0.2) is 0 Å². The van der Waals surface area contributed by atoms with Gasteiger partial charge in [0.25, 0.3) is 0 Å². The molecule has 1 aliphatic carbocycles. The third kappa shape index (κ3) is 3.19. The van der Waals surface area contributed by atoms with E-state index in [1.165, 1.54) is 0 Å². The summed E-state index contributed by atoms with van der Waals surface area (Å²) >= 11 is 0. The van der Waals surface area contributed by atoms with Crippen LogP contribution >= 0.6 is 0 Å². The first kappa shape index (κ1) is 19.7. The summed E-state index contributed by atoms with van der Waals surface area (Å²) in [6, 6.07) is 19.8. The SMILES string of the molecule is CC1(C(=O)Nc2cnc3ccccc3c2)CCN1C(=O)C1(c2ccccc2)CCCC1. The number of anilines is 1. The highest BCUT2D eigenvalue weighted by molar-refractivity contribution is 6.03. The van der Waals surface area contributed by atoms with E-state index in [1.54, 1.807) is 11.1 Å². The molecule has 2 amide bonds. The number of para-hydroxylation sites is 1. The molecule has 1 aromatic heterocycles. The number of nitrogens with one attached hydrogen (secondary N) is 1. The van der Waals surface area contributed by atoms with Crippen molar-refractivity contribution in [2.75, 3.05) is 11.9 Å². The number of carbonyl (C=O) groups excluding carboxylic acids is 2. The molecule has 0 spiro atoms. The highest BCUT2D eigenvalue weighted by Crippen LogP contribution is 2.46. The Labute approximate surface area is 182 Å². The minimum atomic E-state index is -0.840. The molecule has 2 aliphatic rings. The number of rotatable bonds is 4. The molecule has 2 fully saturated rings. The van der Waals surface area contributed by atoms with Gasteiger partial charge in [0.05, 0.1) is 22.8 Å². The summed E-state index contributed by atoms with van der Waals surface area (Å²) in [5.74, 6) is -0.0536. The standard InChI is InChI=1S/C26H27N3O2/c1-25(23(30)28-21-17-19-9-5-6-12-22(19)27-18-21)15-16-29(25)24(31)26(13-7-8-14-26)20-10-3-2-4-11-20/h2-6,9-12,17-18H,7-8,13-16H2,1H3,(H,28,30). The highest BCUT2D eigenvalue weighted by Gasteiger charge is 2.55. The van der Waals surface area contributed by atoms with Crippen molar-refractivity contribution in [1.29, 1.82) is 0 Å². The first-order valence-corrected chi connectivity index (χ1v) is 11.1. The first-order valence-electron chi connectivity index (χ1n) is 11.1. The van der Waals surface area contributed by atoms with Gasteiger partial charge in [0.15, 0.2) is 0 Å². The zero-order valence-corrected chi connectivity index (χ0v) is 17.8. The molecule has 1 atom stereocenters. The summed E-state index contributed by atoms with van der Waals surface area (Å²) in [6.07, 6.45) is 6.12. The number of aromatic nitrogens is 1. The lowest BCUT2D eigenvalue weighted by Gasteiger charge is -2.52. The van der Waals surface area contributed by atoms with Gasteiger partial charge in [0.2, 0.25) is 11.8 Å². The fourth-order valence-corrected chi connectivity index (χ4v) is 5.15. The summed E-state index contributed by atoms with van der Waals surface area (Å²) < 4.78 is 0. The van der Waals surface area contributed by atoms with E-state index in [4.69, 9.17) is 0 Å². The van der Waals surface area contributed by atoms with Crippen LogP contribution in [-0.2, 0) is 15.0 Å². The van der Waals surface area contributed by atoms with Crippen LogP contribution in [0.5, 0.6) is 0 Å². The van der Waals surface area contributed by atoms with Crippen LogP contribution in [0.4, 0.5) is 5.69 Å². The monoisotopic (exact) mass is 413 g/mol. The van der Waals surface area contributed by atoms with E-state index in [9.17, 15) is 9.59 Å². The predicted molar refractivity (Wildman–Crippen MR) is 122 cm³/mol. The maximum absolute atomic E-state index is 13.8. The number of hydrogen-bond donors (Lipinski definition) is 1. The Bertz CT molecular complexity index is 1140. The van der Waals surface area contributed by atoms with Crippen LogP contribution in [0.25, 0.3) is 10.9 Å². The van der Waals surface area contributed by atoms with E-state index in [0.717, 1.165) is 42.1 Å². The molecule has 5 heteroatoms. The minimum Gasteiger partial charge on any atom is -0.327 e. The van der Waals surface area contributed by atoms with Crippen LogP contribution in [-0.4, -0.2) is 33.8 Å². The quantitative estimate of drug-likeness (QED) is 0.676. The molecular weight excluding hydrogens is 386 g/mol. The molecule has 1 unspecified atom stereocenters. The maximum atomic E-state index is 13.8.